The summed E-state index contributed by atoms with van der Waals surface area (Å²) in [7, 11) is 1.55. The minimum absolute atomic E-state index is 0.00214. The Morgan fingerprint density at radius 2 is 1.88 bits per heavy atom. The number of carbonyl (C=O) groups is 1. The third kappa shape index (κ3) is 4.40. The van der Waals surface area contributed by atoms with Gasteiger partial charge in [0.1, 0.15) is 0 Å². The lowest BCUT2D eigenvalue weighted by Gasteiger charge is -2.64. The van der Waals surface area contributed by atoms with Gasteiger partial charge in [-0.3, -0.25) is 4.79 Å². The summed E-state index contributed by atoms with van der Waals surface area (Å²) < 4.78 is 11.2. The van der Waals surface area contributed by atoms with Crippen LogP contribution in [0.2, 0.25) is 0 Å². The molecule has 9 atom stereocenters. The molecule has 5 nitrogen and oxygen atoms in total. The molecule has 2 N–H and O–H groups in total. The van der Waals surface area contributed by atoms with Gasteiger partial charge in [-0.2, -0.15) is 0 Å². The molecule has 0 aliphatic heterocycles. The Morgan fingerprint density at radius 3 is 2.55 bits per heavy atom. The Morgan fingerprint density at radius 1 is 1.12 bits per heavy atom. The Kier molecular flexibility index (Phi) is 7.27. The molecule has 0 amide bonds. The molecular weight excluding hydrogens is 414 g/mol. The number of methoxy groups -OCH3 is 1. The number of nitrogens with one attached hydrogen (secondary N) is 1. The molecule has 4 saturated carbocycles. The lowest BCUT2D eigenvalue weighted by atomic mass is 9.43. The maximum absolute atomic E-state index is 12.8. The first kappa shape index (κ1) is 25.4. The standard InChI is InChI=1S/C28H49NO4/c1-7-33-28(31)14-12-19-8-9-20-21-10-11-22(25(30)32-6)26(21,4)16-23(29-15-13-18(2)3)24(20)27(19,5)17-28/h18-24,29,31H,7-17H2,1-6H3. The number of carbonyl (C=O) groups excluding carboxylic acids is 1. The summed E-state index contributed by atoms with van der Waals surface area (Å²) in [6.45, 7) is 13.0. The highest BCUT2D eigenvalue weighted by Crippen LogP contribution is 2.68. The Labute approximate surface area is 201 Å². The van der Waals surface area contributed by atoms with Gasteiger partial charge >= 0.3 is 5.97 Å². The highest BCUT2D eigenvalue weighted by molar-refractivity contribution is 5.74. The molecular formula is C28H49NO4. The van der Waals surface area contributed by atoms with Crippen molar-refractivity contribution in [2.75, 3.05) is 20.3 Å². The van der Waals surface area contributed by atoms with E-state index in [9.17, 15) is 9.90 Å². The number of esters is 1. The number of hydrogen-bond donors (Lipinski definition) is 2. The topological polar surface area (TPSA) is 67.8 Å². The maximum atomic E-state index is 12.8. The summed E-state index contributed by atoms with van der Waals surface area (Å²) in [4.78, 5) is 12.8. The molecule has 0 spiro atoms. The molecule has 4 rings (SSSR count). The van der Waals surface area contributed by atoms with E-state index in [1.165, 1.54) is 12.8 Å². The van der Waals surface area contributed by atoms with Crippen LogP contribution >= 0.6 is 0 Å². The van der Waals surface area contributed by atoms with Crippen molar-refractivity contribution < 1.29 is 19.4 Å². The largest absolute Gasteiger partial charge is 0.469 e. The van der Waals surface area contributed by atoms with E-state index in [0.717, 1.165) is 51.5 Å². The predicted octanol–water partition coefficient (Wildman–Crippen LogP) is 5.16. The average molecular weight is 464 g/mol. The smallest absolute Gasteiger partial charge is 0.309 e. The van der Waals surface area contributed by atoms with Gasteiger partial charge < -0.3 is 19.9 Å². The van der Waals surface area contributed by atoms with E-state index in [2.05, 4.69) is 33.0 Å². The summed E-state index contributed by atoms with van der Waals surface area (Å²) in [5.41, 5.74) is 0.0586. The SMILES string of the molecule is CCOC1(O)CCC2CCC3C4CCC(C(=O)OC)C4(C)CC(NCCC(C)C)C3C2(C)C1. The van der Waals surface area contributed by atoms with Crippen LogP contribution < -0.4 is 5.32 Å². The molecule has 4 fully saturated rings. The fourth-order valence-corrected chi connectivity index (χ4v) is 9.23. The van der Waals surface area contributed by atoms with Crippen LogP contribution in [0.4, 0.5) is 0 Å². The third-order valence-corrected chi connectivity index (χ3v) is 10.6. The summed E-state index contributed by atoms with van der Waals surface area (Å²) >= 11 is 0. The van der Waals surface area contributed by atoms with E-state index in [-0.39, 0.29) is 22.7 Å². The van der Waals surface area contributed by atoms with Gasteiger partial charge in [-0.1, -0.05) is 27.7 Å². The van der Waals surface area contributed by atoms with Gasteiger partial charge in [0.2, 0.25) is 0 Å². The van der Waals surface area contributed by atoms with Crippen LogP contribution in [0.15, 0.2) is 0 Å². The summed E-state index contributed by atoms with van der Waals surface area (Å²) in [5.74, 6) is 2.01. The summed E-state index contributed by atoms with van der Waals surface area (Å²) in [6.07, 6.45) is 9.35. The van der Waals surface area contributed by atoms with E-state index in [0.29, 0.717) is 42.2 Å². The predicted molar refractivity (Wildman–Crippen MR) is 130 cm³/mol. The first-order valence-electron chi connectivity index (χ1n) is 13.8. The van der Waals surface area contributed by atoms with Crippen molar-refractivity contribution in [3.05, 3.63) is 0 Å². The second kappa shape index (κ2) is 9.43. The summed E-state index contributed by atoms with van der Waals surface area (Å²) in [6, 6.07) is 0.372. The highest BCUT2D eigenvalue weighted by Gasteiger charge is 2.65. The molecule has 4 aliphatic rings. The van der Waals surface area contributed by atoms with Gasteiger partial charge in [0, 0.05) is 25.5 Å². The molecule has 0 aromatic heterocycles. The van der Waals surface area contributed by atoms with Crippen molar-refractivity contribution in [1.82, 2.24) is 5.32 Å². The fraction of sp³-hybridized carbons (Fsp3) is 0.964. The maximum Gasteiger partial charge on any atom is 0.309 e. The first-order valence-corrected chi connectivity index (χ1v) is 13.8. The fourth-order valence-electron chi connectivity index (χ4n) is 9.23. The number of rotatable bonds is 7. The first-order chi connectivity index (χ1) is 15.6. The van der Waals surface area contributed by atoms with Crippen molar-refractivity contribution in [2.45, 2.75) is 104 Å². The number of fused-ring (bicyclic) bond motifs is 5. The molecule has 5 heteroatoms. The van der Waals surface area contributed by atoms with Crippen molar-refractivity contribution in [1.29, 1.82) is 0 Å². The zero-order chi connectivity index (χ0) is 24.0. The highest BCUT2D eigenvalue weighted by atomic mass is 16.6. The van der Waals surface area contributed by atoms with Crippen molar-refractivity contribution in [2.24, 2.45) is 46.3 Å². The van der Waals surface area contributed by atoms with Gasteiger partial charge in [0.25, 0.3) is 0 Å². The van der Waals surface area contributed by atoms with E-state index in [1.54, 1.807) is 7.11 Å². The number of ether oxygens (including phenoxy) is 2. The molecule has 4 aliphatic carbocycles. The normalized spacial score (nSPS) is 47.0. The quantitative estimate of drug-likeness (QED) is 0.403. The molecule has 0 aromatic rings. The van der Waals surface area contributed by atoms with E-state index in [1.807, 2.05) is 6.92 Å². The molecule has 0 radical (unpaired) electrons. The van der Waals surface area contributed by atoms with Crippen LogP contribution in [0.1, 0.15) is 92.4 Å². The van der Waals surface area contributed by atoms with Crippen molar-refractivity contribution >= 4 is 5.97 Å². The Balaban J connectivity index is 1.68. The zero-order valence-electron chi connectivity index (χ0n) is 22.0. The average Bonchev–Trinajstić information content (AvgIpc) is 3.08. The van der Waals surface area contributed by atoms with Crippen LogP contribution in [0.3, 0.4) is 0 Å². The van der Waals surface area contributed by atoms with Crippen LogP contribution in [-0.4, -0.2) is 43.2 Å². The van der Waals surface area contributed by atoms with E-state index in [4.69, 9.17) is 9.47 Å². The lowest BCUT2D eigenvalue weighted by molar-refractivity contribution is -0.267. The molecule has 0 heterocycles. The second-order valence-corrected chi connectivity index (χ2v) is 12.8. The third-order valence-electron chi connectivity index (χ3n) is 10.6. The van der Waals surface area contributed by atoms with Gasteiger partial charge in [-0.15, -0.1) is 0 Å². The second-order valence-electron chi connectivity index (χ2n) is 12.8. The molecule has 33 heavy (non-hydrogen) atoms. The van der Waals surface area contributed by atoms with Gasteiger partial charge in [-0.25, -0.2) is 0 Å². The van der Waals surface area contributed by atoms with Crippen LogP contribution in [0.25, 0.3) is 0 Å². The van der Waals surface area contributed by atoms with Crippen molar-refractivity contribution in [3.8, 4) is 0 Å². The molecule has 9 unspecified atom stereocenters. The van der Waals surface area contributed by atoms with Crippen LogP contribution in [-0.2, 0) is 14.3 Å². The van der Waals surface area contributed by atoms with Gasteiger partial charge in [0.15, 0.2) is 5.79 Å². The molecule has 0 bridgehead atoms. The minimum atomic E-state index is -0.991. The monoisotopic (exact) mass is 463 g/mol. The zero-order valence-corrected chi connectivity index (χ0v) is 22.0. The molecule has 0 saturated heterocycles. The van der Waals surface area contributed by atoms with Crippen LogP contribution in [0, 0.1) is 46.3 Å². The Bertz CT molecular complexity index is 712. The van der Waals surface area contributed by atoms with Crippen LogP contribution in [0.5, 0.6) is 0 Å². The number of aliphatic hydroxyl groups is 1. The lowest BCUT2D eigenvalue weighted by Crippen LogP contribution is -2.64. The van der Waals surface area contributed by atoms with E-state index >= 15 is 0 Å². The van der Waals surface area contributed by atoms with E-state index < -0.39 is 5.79 Å². The summed E-state index contributed by atoms with van der Waals surface area (Å²) in [5, 5.41) is 15.4. The van der Waals surface area contributed by atoms with Gasteiger partial charge in [0.05, 0.1) is 13.0 Å². The van der Waals surface area contributed by atoms with Crippen molar-refractivity contribution in [3.63, 3.8) is 0 Å². The molecule has 190 valence electrons. The Hall–Kier alpha value is -0.650. The number of hydrogen-bond acceptors (Lipinski definition) is 5. The molecule has 0 aromatic carbocycles. The van der Waals surface area contributed by atoms with Gasteiger partial charge in [-0.05, 0) is 98.8 Å². The minimum Gasteiger partial charge on any atom is -0.469 e.